The van der Waals surface area contributed by atoms with Crippen LogP contribution in [0.3, 0.4) is 0 Å². The van der Waals surface area contributed by atoms with Crippen molar-refractivity contribution < 1.29 is 8.78 Å². The maximum absolute atomic E-state index is 13.5. The lowest BCUT2D eigenvalue weighted by Gasteiger charge is -2.02. The van der Waals surface area contributed by atoms with Crippen molar-refractivity contribution in [3.8, 4) is 11.1 Å². The molecule has 1 aromatic heterocycles. The standard InChI is InChI=1S/C11H10F2N2/c1-7-3-11(13)9(4-10(7)12)8-5-14-15(2)6-8/h3-6H,1-2H3. The van der Waals surface area contributed by atoms with Gasteiger partial charge in [0.15, 0.2) is 0 Å². The monoisotopic (exact) mass is 208 g/mol. The summed E-state index contributed by atoms with van der Waals surface area (Å²) in [7, 11) is 1.73. The lowest BCUT2D eigenvalue weighted by molar-refractivity contribution is 0.595. The average Bonchev–Trinajstić information content (AvgIpc) is 2.58. The molecule has 0 saturated carbocycles. The van der Waals surface area contributed by atoms with Crippen molar-refractivity contribution >= 4 is 0 Å². The molecule has 78 valence electrons. The molecule has 2 rings (SSSR count). The molecular formula is C11H10F2N2. The third-order valence-electron chi connectivity index (χ3n) is 2.26. The number of rotatable bonds is 1. The molecular weight excluding hydrogens is 198 g/mol. The van der Waals surface area contributed by atoms with Gasteiger partial charge >= 0.3 is 0 Å². The average molecular weight is 208 g/mol. The highest BCUT2D eigenvalue weighted by Crippen LogP contribution is 2.24. The van der Waals surface area contributed by atoms with Crippen LogP contribution in [0.25, 0.3) is 11.1 Å². The molecule has 0 atom stereocenters. The molecule has 4 heteroatoms. The summed E-state index contributed by atoms with van der Waals surface area (Å²) in [5.41, 5.74) is 1.13. The van der Waals surface area contributed by atoms with Crippen molar-refractivity contribution in [1.82, 2.24) is 9.78 Å². The Morgan fingerprint density at radius 3 is 2.53 bits per heavy atom. The fourth-order valence-corrected chi connectivity index (χ4v) is 1.43. The first-order valence-electron chi connectivity index (χ1n) is 4.52. The zero-order valence-electron chi connectivity index (χ0n) is 8.46. The topological polar surface area (TPSA) is 17.8 Å². The highest BCUT2D eigenvalue weighted by atomic mass is 19.1. The van der Waals surface area contributed by atoms with E-state index in [0.29, 0.717) is 11.1 Å². The van der Waals surface area contributed by atoms with E-state index in [9.17, 15) is 8.78 Å². The first kappa shape index (κ1) is 9.83. The van der Waals surface area contributed by atoms with E-state index in [0.717, 1.165) is 0 Å². The Bertz CT molecular complexity index is 503. The minimum absolute atomic E-state index is 0.242. The van der Waals surface area contributed by atoms with Gasteiger partial charge in [0.2, 0.25) is 0 Å². The fraction of sp³-hybridized carbons (Fsp3) is 0.182. The molecule has 15 heavy (non-hydrogen) atoms. The lowest BCUT2D eigenvalue weighted by atomic mass is 10.1. The number of nitrogens with zero attached hydrogens (tertiary/aromatic N) is 2. The summed E-state index contributed by atoms with van der Waals surface area (Å²) in [6, 6.07) is 2.39. The van der Waals surface area contributed by atoms with Crippen LogP contribution in [0.4, 0.5) is 8.78 Å². The summed E-state index contributed by atoms with van der Waals surface area (Å²) in [6.45, 7) is 1.53. The van der Waals surface area contributed by atoms with Crippen molar-refractivity contribution in [1.29, 1.82) is 0 Å². The van der Waals surface area contributed by atoms with Gasteiger partial charge in [0.25, 0.3) is 0 Å². The molecule has 0 spiro atoms. The number of halogens is 2. The minimum Gasteiger partial charge on any atom is -0.275 e. The van der Waals surface area contributed by atoms with Crippen LogP contribution in [0.2, 0.25) is 0 Å². The number of hydrogen-bond acceptors (Lipinski definition) is 1. The van der Waals surface area contributed by atoms with Crippen molar-refractivity contribution in [2.45, 2.75) is 6.92 Å². The largest absolute Gasteiger partial charge is 0.275 e. The predicted octanol–water partition coefficient (Wildman–Crippen LogP) is 2.67. The van der Waals surface area contributed by atoms with Crippen LogP contribution >= 0.6 is 0 Å². The molecule has 0 aliphatic carbocycles. The number of benzene rings is 1. The van der Waals surface area contributed by atoms with Crippen molar-refractivity contribution in [3.63, 3.8) is 0 Å². The summed E-state index contributed by atoms with van der Waals surface area (Å²) >= 11 is 0. The van der Waals surface area contributed by atoms with Crippen LogP contribution in [0.5, 0.6) is 0 Å². The molecule has 0 N–H and O–H groups in total. The molecule has 0 fully saturated rings. The van der Waals surface area contributed by atoms with E-state index >= 15 is 0 Å². The van der Waals surface area contributed by atoms with Gasteiger partial charge in [-0.25, -0.2) is 8.78 Å². The van der Waals surface area contributed by atoms with E-state index in [4.69, 9.17) is 0 Å². The Balaban J connectivity index is 2.58. The van der Waals surface area contributed by atoms with Crippen molar-refractivity contribution in [3.05, 3.63) is 41.7 Å². The van der Waals surface area contributed by atoms with E-state index in [-0.39, 0.29) is 5.56 Å². The van der Waals surface area contributed by atoms with E-state index < -0.39 is 11.6 Å². The van der Waals surface area contributed by atoms with Crippen LogP contribution in [0, 0.1) is 18.6 Å². The van der Waals surface area contributed by atoms with Crippen LogP contribution < -0.4 is 0 Å². The van der Waals surface area contributed by atoms with Gasteiger partial charge in [0.1, 0.15) is 11.6 Å². The maximum atomic E-state index is 13.5. The number of aromatic nitrogens is 2. The summed E-state index contributed by atoms with van der Waals surface area (Å²) < 4.78 is 28.3. The SMILES string of the molecule is Cc1cc(F)c(-c2cnn(C)c2)cc1F. The second-order valence-electron chi connectivity index (χ2n) is 3.48. The Labute approximate surface area is 86.2 Å². The van der Waals surface area contributed by atoms with Gasteiger partial charge in [-0.15, -0.1) is 0 Å². The first-order chi connectivity index (χ1) is 7.08. The van der Waals surface area contributed by atoms with Gasteiger partial charge in [-0.05, 0) is 24.6 Å². The van der Waals surface area contributed by atoms with E-state index in [1.807, 2.05) is 0 Å². The second kappa shape index (κ2) is 3.46. The summed E-state index contributed by atoms with van der Waals surface area (Å²) in [4.78, 5) is 0. The maximum Gasteiger partial charge on any atom is 0.131 e. The molecule has 0 radical (unpaired) electrons. The molecule has 0 saturated heterocycles. The van der Waals surface area contributed by atoms with Gasteiger partial charge in [-0.2, -0.15) is 5.10 Å². The van der Waals surface area contributed by atoms with E-state index in [1.54, 1.807) is 17.9 Å². The number of hydrogen-bond donors (Lipinski definition) is 0. The van der Waals surface area contributed by atoms with Gasteiger partial charge < -0.3 is 0 Å². The fourth-order valence-electron chi connectivity index (χ4n) is 1.43. The van der Waals surface area contributed by atoms with Gasteiger partial charge in [-0.1, -0.05) is 0 Å². The second-order valence-corrected chi connectivity index (χ2v) is 3.48. The highest BCUT2D eigenvalue weighted by molar-refractivity contribution is 5.63. The zero-order valence-corrected chi connectivity index (χ0v) is 8.46. The quantitative estimate of drug-likeness (QED) is 0.704. The molecule has 2 aromatic rings. The van der Waals surface area contributed by atoms with E-state index in [2.05, 4.69) is 5.10 Å². The number of aryl methyl sites for hydroxylation is 2. The van der Waals surface area contributed by atoms with Crippen molar-refractivity contribution in [2.24, 2.45) is 7.05 Å². The Morgan fingerprint density at radius 2 is 1.93 bits per heavy atom. The third kappa shape index (κ3) is 1.75. The molecule has 0 amide bonds. The summed E-state index contributed by atoms with van der Waals surface area (Å²) in [5, 5.41) is 3.91. The summed E-state index contributed by atoms with van der Waals surface area (Å²) in [6.07, 6.45) is 3.15. The van der Waals surface area contributed by atoms with Gasteiger partial charge in [0.05, 0.1) is 6.20 Å². The molecule has 0 unspecified atom stereocenters. The van der Waals surface area contributed by atoms with Crippen LogP contribution in [0.15, 0.2) is 24.5 Å². The van der Waals surface area contributed by atoms with Crippen molar-refractivity contribution in [2.75, 3.05) is 0 Å². The zero-order chi connectivity index (χ0) is 11.0. The van der Waals surface area contributed by atoms with Gasteiger partial charge in [-0.3, -0.25) is 4.68 Å². The minimum atomic E-state index is -0.429. The molecule has 1 aromatic carbocycles. The summed E-state index contributed by atoms with van der Waals surface area (Å²) in [5.74, 6) is -0.836. The van der Waals surface area contributed by atoms with Crippen LogP contribution in [0.1, 0.15) is 5.56 Å². The molecule has 0 bridgehead atoms. The predicted molar refractivity (Wildman–Crippen MR) is 53.3 cm³/mol. The van der Waals surface area contributed by atoms with Crippen LogP contribution in [-0.4, -0.2) is 9.78 Å². The Morgan fingerprint density at radius 1 is 1.20 bits per heavy atom. The Kier molecular flexibility index (Phi) is 2.26. The smallest absolute Gasteiger partial charge is 0.131 e. The normalized spacial score (nSPS) is 10.7. The third-order valence-corrected chi connectivity index (χ3v) is 2.26. The van der Waals surface area contributed by atoms with Gasteiger partial charge in [0, 0.05) is 24.4 Å². The van der Waals surface area contributed by atoms with Crippen LogP contribution in [-0.2, 0) is 7.05 Å². The molecule has 2 nitrogen and oxygen atoms in total. The molecule has 1 heterocycles. The Hall–Kier alpha value is -1.71. The van der Waals surface area contributed by atoms with E-state index in [1.165, 1.54) is 25.3 Å². The first-order valence-corrected chi connectivity index (χ1v) is 4.52. The molecule has 0 aliphatic rings. The lowest BCUT2D eigenvalue weighted by Crippen LogP contribution is -1.89. The molecule has 0 aliphatic heterocycles. The highest BCUT2D eigenvalue weighted by Gasteiger charge is 2.10.